The van der Waals surface area contributed by atoms with Crippen LogP contribution < -0.4 is 10.2 Å². The maximum absolute atomic E-state index is 11.6. The number of hydrogen-bond acceptors (Lipinski definition) is 4. The van der Waals surface area contributed by atoms with Crippen molar-refractivity contribution in [1.29, 1.82) is 0 Å². The van der Waals surface area contributed by atoms with Crippen molar-refractivity contribution in [2.75, 3.05) is 17.3 Å². The summed E-state index contributed by atoms with van der Waals surface area (Å²) in [6.45, 7) is 0. The third kappa shape index (κ3) is 2.08. The van der Waals surface area contributed by atoms with E-state index in [1.807, 2.05) is 18.0 Å². The van der Waals surface area contributed by atoms with E-state index in [9.17, 15) is 14.7 Å². The quantitative estimate of drug-likeness (QED) is 0.803. The summed E-state index contributed by atoms with van der Waals surface area (Å²) in [5, 5.41) is 12.7. The molecule has 1 aromatic carbocycles. The number of nitrogens with one attached hydrogen (secondary N) is 1. The van der Waals surface area contributed by atoms with Gasteiger partial charge in [-0.25, -0.2) is 0 Å². The summed E-state index contributed by atoms with van der Waals surface area (Å²) in [6.07, 6.45) is 3.65. The topological polar surface area (TPSA) is 69.6 Å². The Hall–Kier alpha value is -1.88. The van der Waals surface area contributed by atoms with Gasteiger partial charge in [-0.05, 0) is 31.0 Å². The van der Waals surface area contributed by atoms with Gasteiger partial charge in [-0.3, -0.25) is 9.59 Å². The maximum Gasteiger partial charge on any atom is 0.296 e. The maximum atomic E-state index is 11.6. The average Bonchev–Trinajstić information content (AvgIpc) is 2.73. The number of benzene rings is 1. The van der Waals surface area contributed by atoms with Crippen molar-refractivity contribution in [1.82, 2.24) is 0 Å². The van der Waals surface area contributed by atoms with Gasteiger partial charge in [0.05, 0.1) is 23.4 Å². The second kappa shape index (κ2) is 4.90. The van der Waals surface area contributed by atoms with Crippen molar-refractivity contribution in [2.24, 2.45) is 0 Å². The number of anilines is 2. The molecule has 0 bridgehead atoms. The first-order valence-electron chi connectivity index (χ1n) is 6.98. The lowest BCUT2D eigenvalue weighted by Gasteiger charge is -2.36. The van der Waals surface area contributed by atoms with Crippen LogP contribution >= 0.6 is 0 Å². The molecule has 2 unspecified atom stereocenters. The monoisotopic (exact) mass is 274 g/mol. The Balaban J connectivity index is 1.86. The predicted molar refractivity (Wildman–Crippen MR) is 76.1 cm³/mol. The van der Waals surface area contributed by atoms with Gasteiger partial charge in [0.15, 0.2) is 0 Å². The Bertz CT molecular complexity index is 570. The van der Waals surface area contributed by atoms with Crippen molar-refractivity contribution in [3.8, 4) is 0 Å². The Labute approximate surface area is 117 Å². The van der Waals surface area contributed by atoms with Gasteiger partial charge >= 0.3 is 0 Å². The highest BCUT2D eigenvalue weighted by molar-refractivity contribution is 6.51. The van der Waals surface area contributed by atoms with Crippen LogP contribution in [0, 0.1) is 0 Å². The molecule has 1 heterocycles. The van der Waals surface area contributed by atoms with E-state index in [0.29, 0.717) is 11.3 Å². The lowest BCUT2D eigenvalue weighted by atomic mass is 9.91. The molecular weight excluding hydrogens is 256 g/mol. The minimum Gasteiger partial charge on any atom is -0.391 e. The molecule has 2 N–H and O–H groups in total. The van der Waals surface area contributed by atoms with Crippen LogP contribution in [0.3, 0.4) is 0 Å². The van der Waals surface area contributed by atoms with Crippen LogP contribution in [0.5, 0.6) is 0 Å². The summed E-state index contributed by atoms with van der Waals surface area (Å²) >= 11 is 0. The number of aliphatic hydroxyl groups excluding tert-OH is 1. The smallest absolute Gasteiger partial charge is 0.296 e. The molecule has 20 heavy (non-hydrogen) atoms. The van der Waals surface area contributed by atoms with E-state index in [0.717, 1.165) is 31.4 Å². The Morgan fingerprint density at radius 1 is 1.25 bits per heavy atom. The lowest BCUT2D eigenvalue weighted by molar-refractivity contribution is -0.112. The Morgan fingerprint density at radius 2 is 2.00 bits per heavy atom. The minimum atomic E-state index is -0.572. The fraction of sp³-hybridized carbons (Fsp3) is 0.467. The number of likely N-dealkylation sites (N-methyl/N-ethyl adjacent to an activating group) is 1. The molecule has 3 rings (SSSR count). The zero-order valence-electron chi connectivity index (χ0n) is 11.4. The number of ketones is 1. The first-order valence-corrected chi connectivity index (χ1v) is 6.98. The van der Waals surface area contributed by atoms with Crippen molar-refractivity contribution in [3.05, 3.63) is 23.8 Å². The van der Waals surface area contributed by atoms with E-state index in [1.54, 1.807) is 12.1 Å². The van der Waals surface area contributed by atoms with Crippen molar-refractivity contribution < 1.29 is 14.7 Å². The number of fused-ring (bicyclic) bond motifs is 1. The normalized spacial score (nSPS) is 25.3. The number of amides is 1. The third-order valence-corrected chi connectivity index (χ3v) is 4.30. The van der Waals surface area contributed by atoms with E-state index >= 15 is 0 Å². The van der Waals surface area contributed by atoms with Crippen LogP contribution in [0.1, 0.15) is 36.0 Å². The van der Waals surface area contributed by atoms with Gasteiger partial charge in [-0.15, -0.1) is 0 Å². The molecule has 1 fully saturated rings. The largest absolute Gasteiger partial charge is 0.391 e. The minimum absolute atomic E-state index is 0.0922. The number of hydrogen-bond donors (Lipinski definition) is 2. The van der Waals surface area contributed by atoms with E-state index in [-0.39, 0.29) is 12.1 Å². The highest BCUT2D eigenvalue weighted by atomic mass is 16.3. The van der Waals surface area contributed by atoms with E-state index in [1.165, 1.54) is 0 Å². The third-order valence-electron chi connectivity index (χ3n) is 4.30. The Kier molecular flexibility index (Phi) is 3.22. The average molecular weight is 274 g/mol. The number of Topliss-reactive ketones (excluding diaryl/α,β-unsaturated/α-hetero) is 1. The van der Waals surface area contributed by atoms with Gasteiger partial charge in [0.2, 0.25) is 0 Å². The summed E-state index contributed by atoms with van der Waals surface area (Å²) in [4.78, 5) is 25.0. The number of nitrogens with zero attached hydrogens (tertiary/aromatic N) is 1. The molecule has 1 aliphatic heterocycles. The second-order valence-corrected chi connectivity index (χ2v) is 5.54. The van der Waals surface area contributed by atoms with Crippen LogP contribution in [-0.4, -0.2) is 36.0 Å². The first kappa shape index (κ1) is 13.1. The molecule has 0 saturated heterocycles. The lowest BCUT2D eigenvalue weighted by Crippen LogP contribution is -2.43. The fourth-order valence-corrected chi connectivity index (χ4v) is 3.09. The number of carbonyl (C=O) groups is 2. The van der Waals surface area contributed by atoms with Crippen molar-refractivity contribution >= 4 is 23.1 Å². The van der Waals surface area contributed by atoms with E-state index < -0.39 is 11.7 Å². The molecular formula is C15H18N2O3. The van der Waals surface area contributed by atoms with Crippen molar-refractivity contribution in [3.63, 3.8) is 0 Å². The molecule has 5 heteroatoms. The van der Waals surface area contributed by atoms with Gasteiger partial charge in [-0.2, -0.15) is 0 Å². The summed E-state index contributed by atoms with van der Waals surface area (Å²) in [7, 11) is 1.94. The number of rotatable bonds is 2. The van der Waals surface area contributed by atoms with Gasteiger partial charge in [0.1, 0.15) is 0 Å². The van der Waals surface area contributed by atoms with Crippen LogP contribution in [0.2, 0.25) is 0 Å². The summed E-state index contributed by atoms with van der Waals surface area (Å²) < 4.78 is 0. The van der Waals surface area contributed by atoms with Gasteiger partial charge < -0.3 is 15.3 Å². The van der Waals surface area contributed by atoms with Crippen LogP contribution in [0.15, 0.2) is 18.2 Å². The molecule has 1 aliphatic carbocycles. The standard InChI is InChI=1S/C15H18N2O3/c1-17(12-4-2-3-5-13(12)18)9-6-7-10-11(8-9)16-15(20)14(10)19/h6-8,12-13,18H,2-5H2,1H3,(H,16,19,20). The molecule has 2 atom stereocenters. The van der Waals surface area contributed by atoms with E-state index in [4.69, 9.17) is 0 Å². The van der Waals surface area contributed by atoms with Crippen LogP contribution in [-0.2, 0) is 4.79 Å². The first-order chi connectivity index (χ1) is 9.58. The van der Waals surface area contributed by atoms with Crippen LogP contribution in [0.25, 0.3) is 0 Å². The molecule has 2 aliphatic rings. The summed E-state index contributed by atoms with van der Waals surface area (Å²) in [6, 6.07) is 5.41. The zero-order valence-corrected chi connectivity index (χ0v) is 11.4. The molecule has 0 spiro atoms. The molecule has 1 amide bonds. The van der Waals surface area contributed by atoms with Gasteiger partial charge in [0, 0.05) is 12.7 Å². The fourth-order valence-electron chi connectivity index (χ4n) is 3.09. The van der Waals surface area contributed by atoms with Gasteiger partial charge in [0.25, 0.3) is 11.7 Å². The highest BCUT2D eigenvalue weighted by Gasteiger charge is 2.30. The molecule has 0 radical (unpaired) electrons. The summed E-state index contributed by atoms with van der Waals surface area (Å²) in [5.41, 5.74) is 1.90. The molecule has 5 nitrogen and oxygen atoms in total. The van der Waals surface area contributed by atoms with Crippen molar-refractivity contribution in [2.45, 2.75) is 37.8 Å². The molecule has 106 valence electrons. The SMILES string of the molecule is CN(c1ccc2c(c1)NC(=O)C2=O)C1CCCCC1O. The van der Waals surface area contributed by atoms with Crippen LogP contribution in [0.4, 0.5) is 11.4 Å². The number of aliphatic hydroxyl groups is 1. The summed E-state index contributed by atoms with van der Waals surface area (Å²) in [5.74, 6) is -1.05. The molecule has 0 aromatic heterocycles. The molecule has 1 aromatic rings. The predicted octanol–water partition coefficient (Wildman–Crippen LogP) is 1.56. The van der Waals surface area contributed by atoms with E-state index in [2.05, 4.69) is 5.32 Å². The highest BCUT2D eigenvalue weighted by Crippen LogP contribution is 2.31. The second-order valence-electron chi connectivity index (χ2n) is 5.54. The zero-order chi connectivity index (χ0) is 14.3. The van der Waals surface area contributed by atoms with Gasteiger partial charge in [-0.1, -0.05) is 12.8 Å². The number of carbonyl (C=O) groups excluding carboxylic acids is 2. The Morgan fingerprint density at radius 3 is 2.75 bits per heavy atom. The molecule has 1 saturated carbocycles.